The molecule has 0 aliphatic carbocycles. The summed E-state index contributed by atoms with van der Waals surface area (Å²) in [6.07, 6.45) is 0.792. The standard InChI is InChI=1S/C10H9NO2S/c1-2-11-8-4-3-7(6-12)5-9(8)14-10(11)13/h3-6H,2H2,1H3. The molecule has 0 fully saturated rings. The Morgan fingerprint density at radius 2 is 2.29 bits per heavy atom. The SMILES string of the molecule is CCn1c(=O)sc2cc(C=O)ccc21. The minimum absolute atomic E-state index is 0.0329. The molecule has 1 aromatic carbocycles. The largest absolute Gasteiger partial charge is 0.308 e. The van der Waals surface area contributed by atoms with Gasteiger partial charge in [-0.3, -0.25) is 14.2 Å². The molecule has 14 heavy (non-hydrogen) atoms. The van der Waals surface area contributed by atoms with Crippen molar-refractivity contribution in [1.29, 1.82) is 0 Å². The summed E-state index contributed by atoms with van der Waals surface area (Å²) in [5.74, 6) is 0. The van der Waals surface area contributed by atoms with Crippen molar-refractivity contribution in [2.24, 2.45) is 0 Å². The van der Waals surface area contributed by atoms with Crippen LogP contribution in [0, 0.1) is 0 Å². The van der Waals surface area contributed by atoms with Crippen LogP contribution in [0.25, 0.3) is 10.2 Å². The molecule has 0 spiro atoms. The number of nitrogens with zero attached hydrogens (tertiary/aromatic N) is 1. The number of rotatable bonds is 2. The van der Waals surface area contributed by atoms with Crippen LogP contribution in [0.15, 0.2) is 23.0 Å². The normalized spacial score (nSPS) is 10.6. The fourth-order valence-electron chi connectivity index (χ4n) is 1.46. The fraction of sp³-hybridized carbons (Fsp3) is 0.200. The Kier molecular flexibility index (Phi) is 2.21. The Labute approximate surface area is 84.6 Å². The van der Waals surface area contributed by atoms with Crippen molar-refractivity contribution in [3.8, 4) is 0 Å². The molecule has 0 N–H and O–H groups in total. The predicted octanol–water partition coefficient (Wildman–Crippen LogP) is 1.90. The van der Waals surface area contributed by atoms with Crippen molar-refractivity contribution in [2.45, 2.75) is 13.5 Å². The minimum Gasteiger partial charge on any atom is -0.299 e. The van der Waals surface area contributed by atoms with Crippen molar-refractivity contribution in [3.05, 3.63) is 33.4 Å². The van der Waals surface area contributed by atoms with Crippen molar-refractivity contribution in [1.82, 2.24) is 4.57 Å². The van der Waals surface area contributed by atoms with Gasteiger partial charge in [0.2, 0.25) is 0 Å². The van der Waals surface area contributed by atoms with Gasteiger partial charge in [0, 0.05) is 12.1 Å². The van der Waals surface area contributed by atoms with E-state index in [1.807, 2.05) is 13.0 Å². The third-order valence-electron chi connectivity index (χ3n) is 2.14. The highest BCUT2D eigenvalue weighted by Crippen LogP contribution is 2.18. The van der Waals surface area contributed by atoms with Gasteiger partial charge in [-0.05, 0) is 25.1 Å². The van der Waals surface area contributed by atoms with Gasteiger partial charge in [-0.15, -0.1) is 0 Å². The van der Waals surface area contributed by atoms with Gasteiger partial charge >= 0.3 is 4.87 Å². The zero-order valence-electron chi connectivity index (χ0n) is 7.69. The first kappa shape index (κ1) is 9.15. The second kappa shape index (κ2) is 3.38. The van der Waals surface area contributed by atoms with E-state index in [0.717, 1.165) is 16.5 Å². The third kappa shape index (κ3) is 1.28. The van der Waals surface area contributed by atoms with E-state index in [9.17, 15) is 9.59 Å². The quantitative estimate of drug-likeness (QED) is 0.705. The number of carbonyl (C=O) groups is 1. The predicted molar refractivity (Wildman–Crippen MR) is 57.1 cm³/mol. The summed E-state index contributed by atoms with van der Waals surface area (Å²) >= 11 is 1.18. The third-order valence-corrected chi connectivity index (χ3v) is 3.09. The number of benzene rings is 1. The summed E-state index contributed by atoms with van der Waals surface area (Å²) in [6, 6.07) is 5.30. The second-order valence-electron chi connectivity index (χ2n) is 2.96. The van der Waals surface area contributed by atoms with Crippen LogP contribution < -0.4 is 4.87 Å². The Morgan fingerprint density at radius 3 is 2.93 bits per heavy atom. The molecular weight excluding hydrogens is 198 g/mol. The van der Waals surface area contributed by atoms with Crippen LogP contribution >= 0.6 is 11.3 Å². The summed E-state index contributed by atoms with van der Waals surface area (Å²) in [5, 5.41) is 0. The second-order valence-corrected chi connectivity index (χ2v) is 3.95. The van der Waals surface area contributed by atoms with Crippen LogP contribution in [0.1, 0.15) is 17.3 Å². The van der Waals surface area contributed by atoms with Gasteiger partial charge < -0.3 is 0 Å². The lowest BCUT2D eigenvalue weighted by molar-refractivity contribution is 0.112. The van der Waals surface area contributed by atoms with Gasteiger partial charge in [0.1, 0.15) is 6.29 Å². The molecule has 2 rings (SSSR count). The summed E-state index contributed by atoms with van der Waals surface area (Å²) in [6.45, 7) is 2.60. The average molecular weight is 207 g/mol. The van der Waals surface area contributed by atoms with Crippen molar-refractivity contribution in [2.75, 3.05) is 0 Å². The molecule has 0 aliphatic rings. The molecule has 3 nitrogen and oxygen atoms in total. The van der Waals surface area contributed by atoms with Crippen molar-refractivity contribution >= 4 is 27.8 Å². The Morgan fingerprint density at radius 1 is 1.50 bits per heavy atom. The topological polar surface area (TPSA) is 39.1 Å². The number of fused-ring (bicyclic) bond motifs is 1. The summed E-state index contributed by atoms with van der Waals surface area (Å²) in [5.41, 5.74) is 1.52. The number of thiazole rings is 1. The average Bonchev–Trinajstić information content (AvgIpc) is 2.51. The van der Waals surface area contributed by atoms with E-state index < -0.39 is 0 Å². The fourth-order valence-corrected chi connectivity index (χ4v) is 2.46. The number of hydrogen-bond donors (Lipinski definition) is 0. The van der Waals surface area contributed by atoms with Crippen LogP contribution in [-0.4, -0.2) is 10.9 Å². The van der Waals surface area contributed by atoms with E-state index in [2.05, 4.69) is 0 Å². The molecule has 0 aliphatic heterocycles. The number of aromatic nitrogens is 1. The highest BCUT2D eigenvalue weighted by molar-refractivity contribution is 7.16. The minimum atomic E-state index is 0.0329. The van der Waals surface area contributed by atoms with E-state index in [4.69, 9.17) is 0 Å². The van der Waals surface area contributed by atoms with Gasteiger partial charge in [-0.1, -0.05) is 11.3 Å². The Bertz CT molecular complexity index is 539. The molecule has 0 bridgehead atoms. The number of aryl methyl sites for hydroxylation is 1. The van der Waals surface area contributed by atoms with Crippen molar-refractivity contribution < 1.29 is 4.79 Å². The van der Waals surface area contributed by atoms with Gasteiger partial charge in [0.15, 0.2) is 0 Å². The first-order valence-electron chi connectivity index (χ1n) is 4.35. The maximum atomic E-state index is 11.5. The smallest absolute Gasteiger partial charge is 0.299 e. The van der Waals surface area contributed by atoms with Crippen LogP contribution in [0.3, 0.4) is 0 Å². The van der Waals surface area contributed by atoms with E-state index in [-0.39, 0.29) is 4.87 Å². The molecule has 0 atom stereocenters. The number of aldehydes is 1. The van der Waals surface area contributed by atoms with Crippen molar-refractivity contribution in [3.63, 3.8) is 0 Å². The van der Waals surface area contributed by atoms with E-state index >= 15 is 0 Å². The zero-order valence-corrected chi connectivity index (χ0v) is 8.50. The van der Waals surface area contributed by atoms with Crippen LogP contribution in [0.5, 0.6) is 0 Å². The lowest BCUT2D eigenvalue weighted by Gasteiger charge is -1.97. The summed E-state index contributed by atoms with van der Waals surface area (Å²) < 4.78 is 2.58. The summed E-state index contributed by atoms with van der Waals surface area (Å²) in [7, 11) is 0. The molecule has 0 saturated carbocycles. The van der Waals surface area contributed by atoms with Crippen LogP contribution in [0.2, 0.25) is 0 Å². The molecule has 0 saturated heterocycles. The first-order valence-corrected chi connectivity index (χ1v) is 5.16. The maximum absolute atomic E-state index is 11.5. The highest BCUT2D eigenvalue weighted by Gasteiger charge is 2.05. The molecule has 1 heterocycles. The Balaban J connectivity index is 2.80. The molecule has 0 unspecified atom stereocenters. The van der Waals surface area contributed by atoms with Crippen LogP contribution in [-0.2, 0) is 6.54 Å². The van der Waals surface area contributed by atoms with E-state index in [1.54, 1.807) is 16.7 Å². The molecular formula is C10H9NO2S. The lowest BCUT2D eigenvalue weighted by atomic mass is 10.2. The highest BCUT2D eigenvalue weighted by atomic mass is 32.1. The van der Waals surface area contributed by atoms with E-state index in [0.29, 0.717) is 12.1 Å². The molecule has 4 heteroatoms. The van der Waals surface area contributed by atoms with E-state index in [1.165, 1.54) is 11.3 Å². The summed E-state index contributed by atoms with van der Waals surface area (Å²) in [4.78, 5) is 22.0. The molecule has 2 aromatic rings. The Hall–Kier alpha value is -1.42. The zero-order chi connectivity index (χ0) is 10.1. The number of hydrogen-bond acceptors (Lipinski definition) is 3. The number of carbonyl (C=O) groups excluding carboxylic acids is 1. The van der Waals surface area contributed by atoms with Gasteiger partial charge in [-0.2, -0.15) is 0 Å². The monoisotopic (exact) mass is 207 g/mol. The van der Waals surface area contributed by atoms with Gasteiger partial charge in [0.05, 0.1) is 10.2 Å². The van der Waals surface area contributed by atoms with Gasteiger partial charge in [0.25, 0.3) is 0 Å². The van der Waals surface area contributed by atoms with Gasteiger partial charge in [-0.25, -0.2) is 0 Å². The molecule has 1 aromatic heterocycles. The van der Waals surface area contributed by atoms with Crippen LogP contribution in [0.4, 0.5) is 0 Å². The molecule has 0 amide bonds. The first-order chi connectivity index (χ1) is 6.76. The molecule has 72 valence electrons. The molecule has 0 radical (unpaired) electrons. The maximum Gasteiger partial charge on any atom is 0.308 e. The lowest BCUT2D eigenvalue weighted by Crippen LogP contribution is -2.10.